The number of fused-ring (bicyclic) bond motifs is 3. The van der Waals surface area contributed by atoms with Crippen LogP contribution in [-0.2, 0) is 17.8 Å². The van der Waals surface area contributed by atoms with E-state index in [4.69, 9.17) is 0 Å². The first-order chi connectivity index (χ1) is 12.2. The normalized spacial score (nSPS) is 16.8. The van der Waals surface area contributed by atoms with E-state index < -0.39 is 0 Å². The molecule has 0 spiro atoms. The Labute approximate surface area is 149 Å². The highest BCUT2D eigenvalue weighted by molar-refractivity contribution is 5.94. The lowest BCUT2D eigenvalue weighted by molar-refractivity contribution is -0.133. The van der Waals surface area contributed by atoms with Crippen LogP contribution in [-0.4, -0.2) is 35.1 Å². The Kier molecular flexibility index (Phi) is 5.77. The molecule has 3 rings (SSSR count). The molecule has 0 saturated heterocycles. The second-order valence-corrected chi connectivity index (χ2v) is 6.99. The second kappa shape index (κ2) is 8.03. The van der Waals surface area contributed by atoms with Gasteiger partial charge in [-0.2, -0.15) is 0 Å². The van der Waals surface area contributed by atoms with E-state index >= 15 is 0 Å². The Morgan fingerprint density at radius 3 is 2.64 bits per heavy atom. The van der Waals surface area contributed by atoms with Gasteiger partial charge in [0.2, 0.25) is 5.91 Å². The van der Waals surface area contributed by atoms with Gasteiger partial charge in [-0.15, -0.1) is 0 Å². The number of hydrogen-bond acceptors (Lipinski definition) is 1. The minimum atomic E-state index is -0.373. The summed E-state index contributed by atoms with van der Waals surface area (Å²) in [7, 11) is 0. The van der Waals surface area contributed by atoms with E-state index in [1.54, 1.807) is 0 Å². The minimum Gasteiger partial charge on any atom is -0.342 e. The van der Waals surface area contributed by atoms with Crippen molar-refractivity contribution in [3.05, 3.63) is 35.5 Å². The molecule has 1 amide bonds. The summed E-state index contributed by atoms with van der Waals surface area (Å²) in [6.45, 7) is 5.89. The Balaban J connectivity index is 2.07. The fourth-order valence-corrected chi connectivity index (χ4v) is 4.34. The molecule has 0 bridgehead atoms. The maximum atomic E-state index is 13.3. The van der Waals surface area contributed by atoms with E-state index in [-0.39, 0.29) is 18.5 Å². The van der Waals surface area contributed by atoms with Gasteiger partial charge in [-0.05, 0) is 43.7 Å². The van der Waals surface area contributed by atoms with Crippen molar-refractivity contribution >= 4 is 16.8 Å². The maximum absolute atomic E-state index is 13.3. The van der Waals surface area contributed by atoms with Crippen LogP contribution < -0.4 is 0 Å². The van der Waals surface area contributed by atoms with Crippen molar-refractivity contribution in [1.82, 2.24) is 9.47 Å². The highest BCUT2D eigenvalue weighted by atomic mass is 19.1. The molecule has 1 aromatic heterocycles. The summed E-state index contributed by atoms with van der Waals surface area (Å²) < 4.78 is 15.2. The van der Waals surface area contributed by atoms with Gasteiger partial charge in [0.1, 0.15) is 6.67 Å². The Bertz CT molecular complexity index is 731. The summed E-state index contributed by atoms with van der Waals surface area (Å²) >= 11 is 0. The number of para-hydroxylation sites is 1. The summed E-state index contributed by atoms with van der Waals surface area (Å²) in [5, 5.41) is 1.14. The summed E-state index contributed by atoms with van der Waals surface area (Å²) in [4.78, 5) is 15.3. The third kappa shape index (κ3) is 3.31. The van der Waals surface area contributed by atoms with E-state index in [1.807, 2.05) is 17.0 Å². The van der Waals surface area contributed by atoms with Crippen molar-refractivity contribution in [2.75, 3.05) is 19.8 Å². The molecular weight excluding hydrogens is 315 g/mol. The number of benzene rings is 1. The van der Waals surface area contributed by atoms with Crippen LogP contribution in [0.2, 0.25) is 0 Å². The van der Waals surface area contributed by atoms with Gasteiger partial charge in [-0.1, -0.05) is 32.0 Å². The highest BCUT2D eigenvalue weighted by Gasteiger charge is 2.33. The van der Waals surface area contributed by atoms with Crippen LogP contribution in [0.15, 0.2) is 24.3 Å². The van der Waals surface area contributed by atoms with Gasteiger partial charge in [0.25, 0.3) is 0 Å². The van der Waals surface area contributed by atoms with E-state index in [0.717, 1.165) is 61.7 Å². The summed E-state index contributed by atoms with van der Waals surface area (Å²) in [5.41, 5.74) is 3.41. The highest BCUT2D eigenvalue weighted by Crippen LogP contribution is 2.40. The molecule has 3 nitrogen and oxygen atoms in total. The first-order valence-electron chi connectivity index (χ1n) is 9.67. The second-order valence-electron chi connectivity index (χ2n) is 6.99. The monoisotopic (exact) mass is 344 g/mol. The van der Waals surface area contributed by atoms with Crippen molar-refractivity contribution in [1.29, 1.82) is 0 Å². The van der Waals surface area contributed by atoms with Gasteiger partial charge < -0.3 is 9.47 Å². The predicted octanol–water partition coefficient (Wildman–Crippen LogP) is 4.68. The lowest BCUT2D eigenvalue weighted by atomic mass is 9.84. The molecule has 2 aromatic rings. The maximum Gasteiger partial charge on any atom is 0.230 e. The lowest BCUT2D eigenvalue weighted by Crippen LogP contribution is -2.37. The molecule has 0 fully saturated rings. The number of alkyl halides is 1. The summed E-state index contributed by atoms with van der Waals surface area (Å²) in [6.07, 6.45) is 4.80. The van der Waals surface area contributed by atoms with Crippen LogP contribution in [0.4, 0.5) is 4.39 Å². The largest absolute Gasteiger partial charge is 0.342 e. The molecule has 4 heteroatoms. The molecule has 0 N–H and O–H groups in total. The molecule has 1 aliphatic carbocycles. The van der Waals surface area contributed by atoms with Gasteiger partial charge in [0, 0.05) is 29.7 Å². The average Bonchev–Trinajstić information content (AvgIpc) is 2.96. The molecule has 1 unspecified atom stereocenters. The predicted molar refractivity (Wildman–Crippen MR) is 101 cm³/mol. The number of carbonyl (C=O) groups excluding carboxylic acids is 1. The molecule has 1 aliphatic rings. The molecule has 1 aromatic carbocycles. The number of nitrogens with zero attached hydrogens (tertiary/aromatic N) is 2. The average molecular weight is 344 g/mol. The number of amides is 1. The first-order valence-corrected chi connectivity index (χ1v) is 9.67. The van der Waals surface area contributed by atoms with Crippen LogP contribution in [0.3, 0.4) is 0 Å². The number of carbonyl (C=O) groups is 1. The van der Waals surface area contributed by atoms with E-state index in [9.17, 15) is 9.18 Å². The van der Waals surface area contributed by atoms with Crippen LogP contribution in [0.1, 0.15) is 56.7 Å². The van der Waals surface area contributed by atoms with E-state index in [2.05, 4.69) is 30.5 Å². The molecule has 136 valence electrons. The third-order valence-corrected chi connectivity index (χ3v) is 5.28. The molecule has 25 heavy (non-hydrogen) atoms. The first kappa shape index (κ1) is 18.0. The number of aryl methyl sites for hydroxylation is 1. The van der Waals surface area contributed by atoms with Crippen LogP contribution in [0.5, 0.6) is 0 Å². The zero-order chi connectivity index (χ0) is 17.8. The van der Waals surface area contributed by atoms with Crippen LogP contribution >= 0.6 is 0 Å². The van der Waals surface area contributed by atoms with Crippen molar-refractivity contribution in [2.45, 2.75) is 58.4 Å². The molecule has 1 atom stereocenters. The van der Waals surface area contributed by atoms with Gasteiger partial charge in [0.15, 0.2) is 0 Å². The Morgan fingerprint density at radius 1 is 1.24 bits per heavy atom. The third-order valence-electron chi connectivity index (χ3n) is 5.28. The number of aromatic nitrogens is 1. The van der Waals surface area contributed by atoms with E-state index in [0.29, 0.717) is 6.54 Å². The quantitative estimate of drug-likeness (QED) is 0.716. The topological polar surface area (TPSA) is 25.2 Å². The van der Waals surface area contributed by atoms with Crippen molar-refractivity contribution in [3.8, 4) is 0 Å². The summed E-state index contributed by atoms with van der Waals surface area (Å²) in [5.74, 6) is 0.181. The van der Waals surface area contributed by atoms with Gasteiger partial charge in [-0.3, -0.25) is 4.79 Å². The Morgan fingerprint density at radius 2 is 1.96 bits per heavy atom. The van der Waals surface area contributed by atoms with Crippen molar-refractivity contribution < 1.29 is 9.18 Å². The Hall–Kier alpha value is -1.84. The fraction of sp³-hybridized carbons (Fsp3) is 0.571. The zero-order valence-electron chi connectivity index (χ0n) is 15.4. The van der Waals surface area contributed by atoms with Crippen molar-refractivity contribution in [2.24, 2.45) is 0 Å². The molecule has 0 aliphatic heterocycles. The standard InChI is InChI=1S/C21H29FN2O/c1-3-13-23(14-4-2)21(25)17-9-7-11-19-20(17)16-8-5-6-10-18(16)24(19)15-12-22/h5-6,8,10,17H,3-4,7,9,11-15H2,1-2H3. The smallest absolute Gasteiger partial charge is 0.230 e. The SMILES string of the molecule is CCCN(CCC)C(=O)C1CCCc2c1c1ccccc1n2CCF. The molecule has 0 saturated carbocycles. The molecular formula is C21H29FN2O. The molecule has 0 radical (unpaired) electrons. The number of hydrogen-bond donors (Lipinski definition) is 0. The lowest BCUT2D eigenvalue weighted by Gasteiger charge is -2.30. The summed E-state index contributed by atoms with van der Waals surface area (Å²) in [6, 6.07) is 8.17. The van der Waals surface area contributed by atoms with Crippen LogP contribution in [0.25, 0.3) is 10.9 Å². The number of halogens is 1. The van der Waals surface area contributed by atoms with E-state index in [1.165, 1.54) is 5.69 Å². The van der Waals surface area contributed by atoms with Crippen LogP contribution in [0, 0.1) is 0 Å². The van der Waals surface area contributed by atoms with Crippen molar-refractivity contribution in [3.63, 3.8) is 0 Å². The zero-order valence-corrected chi connectivity index (χ0v) is 15.4. The van der Waals surface area contributed by atoms with Gasteiger partial charge in [-0.25, -0.2) is 4.39 Å². The van der Waals surface area contributed by atoms with Gasteiger partial charge >= 0.3 is 0 Å². The van der Waals surface area contributed by atoms with Gasteiger partial charge in [0.05, 0.1) is 12.5 Å². The minimum absolute atomic E-state index is 0.0763. The fourth-order valence-electron chi connectivity index (χ4n) is 4.34. The number of rotatable bonds is 7. The molecule has 1 heterocycles.